The molecule has 6 heteroatoms. The second-order valence-corrected chi connectivity index (χ2v) is 4.67. The molecule has 1 aliphatic heterocycles. The normalized spacial score (nSPS) is 18.7. The van der Waals surface area contributed by atoms with Crippen LogP contribution in [0, 0.1) is 0 Å². The highest BCUT2D eigenvalue weighted by Gasteiger charge is 2.25. The van der Waals surface area contributed by atoms with Crippen LogP contribution in [0.1, 0.15) is 25.7 Å². The molecule has 0 aliphatic carbocycles. The summed E-state index contributed by atoms with van der Waals surface area (Å²) in [6.45, 7) is 3.64. The third kappa shape index (κ3) is 7.11. The minimum atomic E-state index is -0.00171. The lowest BCUT2D eigenvalue weighted by molar-refractivity contribution is -0.134. The van der Waals surface area contributed by atoms with Gasteiger partial charge in [0.25, 0.3) is 0 Å². The summed E-state index contributed by atoms with van der Waals surface area (Å²) >= 11 is 0. The summed E-state index contributed by atoms with van der Waals surface area (Å²) in [4.78, 5) is 14.3. The Morgan fingerprint density at radius 2 is 1.95 bits per heavy atom. The number of ether oxygens (including phenoxy) is 2. The summed E-state index contributed by atoms with van der Waals surface area (Å²) < 4.78 is 10.1. The van der Waals surface area contributed by atoms with Crippen molar-refractivity contribution in [3.63, 3.8) is 0 Å². The van der Waals surface area contributed by atoms with E-state index in [0.29, 0.717) is 19.8 Å². The molecule has 0 aromatic heterocycles. The van der Waals surface area contributed by atoms with Crippen LogP contribution in [0.2, 0.25) is 0 Å². The van der Waals surface area contributed by atoms with E-state index < -0.39 is 0 Å². The first-order valence-electron chi connectivity index (χ1n) is 6.79. The van der Waals surface area contributed by atoms with Gasteiger partial charge in [0.05, 0.1) is 12.6 Å². The molecule has 0 radical (unpaired) electrons. The van der Waals surface area contributed by atoms with Crippen molar-refractivity contribution in [2.75, 3.05) is 47.1 Å². The van der Waals surface area contributed by atoms with E-state index in [-0.39, 0.29) is 24.4 Å². The Labute approximate surface area is 122 Å². The first kappa shape index (κ1) is 18.6. The Bertz CT molecular complexity index is 236. The predicted octanol–water partition coefficient (Wildman–Crippen LogP) is 1.06. The molecule has 0 saturated carbocycles. The van der Waals surface area contributed by atoms with E-state index in [1.165, 1.54) is 6.42 Å². The summed E-state index contributed by atoms with van der Waals surface area (Å²) in [5.41, 5.74) is 0. The minimum Gasteiger partial charge on any atom is -0.385 e. The van der Waals surface area contributed by atoms with Gasteiger partial charge in [-0.25, -0.2) is 0 Å². The maximum Gasteiger partial charge on any atom is 0.239 e. The van der Waals surface area contributed by atoms with Gasteiger partial charge in [-0.05, 0) is 25.8 Å². The highest BCUT2D eigenvalue weighted by molar-refractivity contribution is 5.85. The lowest BCUT2D eigenvalue weighted by Gasteiger charge is -2.30. The molecule has 1 amide bonds. The summed E-state index contributed by atoms with van der Waals surface area (Å²) in [5, 5.41) is 3.30. The lowest BCUT2D eigenvalue weighted by Crippen LogP contribution is -2.49. The predicted molar refractivity (Wildman–Crippen MR) is 77.8 cm³/mol. The van der Waals surface area contributed by atoms with E-state index in [0.717, 1.165) is 32.4 Å². The number of hydrogen-bond donors (Lipinski definition) is 1. The zero-order valence-electron chi connectivity index (χ0n) is 12.0. The van der Waals surface area contributed by atoms with Crippen molar-refractivity contribution in [2.24, 2.45) is 0 Å². The number of nitrogens with one attached hydrogen (secondary N) is 1. The van der Waals surface area contributed by atoms with Gasteiger partial charge in [0.1, 0.15) is 0 Å². The third-order valence-corrected chi connectivity index (χ3v) is 3.26. The molecule has 0 spiro atoms. The summed E-state index contributed by atoms with van der Waals surface area (Å²) in [6, 6.07) is -0.00171. The fourth-order valence-electron chi connectivity index (χ4n) is 2.22. The number of methoxy groups -OCH3 is 2. The van der Waals surface area contributed by atoms with Crippen LogP contribution < -0.4 is 5.32 Å². The molecule has 1 aliphatic rings. The average molecular weight is 295 g/mol. The number of halogens is 1. The second-order valence-electron chi connectivity index (χ2n) is 4.67. The van der Waals surface area contributed by atoms with Gasteiger partial charge in [-0.3, -0.25) is 4.79 Å². The van der Waals surface area contributed by atoms with Gasteiger partial charge >= 0.3 is 0 Å². The molecule has 0 aromatic rings. The van der Waals surface area contributed by atoms with Gasteiger partial charge in [0.2, 0.25) is 5.91 Å². The van der Waals surface area contributed by atoms with Crippen molar-refractivity contribution in [3.8, 4) is 0 Å². The molecule has 1 fully saturated rings. The van der Waals surface area contributed by atoms with Crippen LogP contribution in [-0.2, 0) is 14.3 Å². The van der Waals surface area contributed by atoms with Gasteiger partial charge < -0.3 is 19.7 Å². The van der Waals surface area contributed by atoms with Crippen LogP contribution in [0.4, 0.5) is 0 Å². The standard InChI is InChI=1S/C13H26N2O3.ClH/c1-17-10-5-8-15(9-11-18-2)13(16)12-6-3-4-7-14-12;/h12,14H,3-11H2,1-2H3;1H. The van der Waals surface area contributed by atoms with Crippen LogP contribution in [0.15, 0.2) is 0 Å². The molecular formula is C13H27ClN2O3. The van der Waals surface area contributed by atoms with E-state index in [4.69, 9.17) is 9.47 Å². The number of hydrogen-bond acceptors (Lipinski definition) is 4. The Morgan fingerprint density at radius 1 is 1.21 bits per heavy atom. The van der Waals surface area contributed by atoms with Crippen molar-refractivity contribution >= 4 is 18.3 Å². The van der Waals surface area contributed by atoms with E-state index in [2.05, 4.69) is 5.32 Å². The van der Waals surface area contributed by atoms with Crippen LogP contribution in [-0.4, -0.2) is 63.9 Å². The van der Waals surface area contributed by atoms with E-state index in [9.17, 15) is 4.79 Å². The molecule has 114 valence electrons. The van der Waals surface area contributed by atoms with Crippen LogP contribution in [0.25, 0.3) is 0 Å². The van der Waals surface area contributed by atoms with Gasteiger partial charge in [0.15, 0.2) is 0 Å². The van der Waals surface area contributed by atoms with Gasteiger partial charge in [0, 0.05) is 33.9 Å². The average Bonchev–Trinajstić information content (AvgIpc) is 2.43. The van der Waals surface area contributed by atoms with Crippen molar-refractivity contribution < 1.29 is 14.3 Å². The highest BCUT2D eigenvalue weighted by Crippen LogP contribution is 2.10. The lowest BCUT2D eigenvalue weighted by atomic mass is 10.0. The zero-order chi connectivity index (χ0) is 13.2. The maximum atomic E-state index is 12.4. The Hall–Kier alpha value is -0.360. The Kier molecular flexibility index (Phi) is 11.2. The highest BCUT2D eigenvalue weighted by atomic mass is 35.5. The second kappa shape index (κ2) is 11.5. The topological polar surface area (TPSA) is 50.8 Å². The SMILES string of the molecule is COCCCN(CCOC)C(=O)C1CCCCN1.Cl. The smallest absolute Gasteiger partial charge is 0.239 e. The van der Waals surface area contributed by atoms with Crippen LogP contribution >= 0.6 is 12.4 Å². The van der Waals surface area contributed by atoms with Crippen molar-refractivity contribution in [2.45, 2.75) is 31.7 Å². The number of nitrogens with zero attached hydrogens (tertiary/aromatic N) is 1. The fourth-order valence-corrected chi connectivity index (χ4v) is 2.22. The van der Waals surface area contributed by atoms with Crippen LogP contribution in [0.5, 0.6) is 0 Å². The number of piperidine rings is 1. The van der Waals surface area contributed by atoms with Gasteiger partial charge in [-0.15, -0.1) is 12.4 Å². The van der Waals surface area contributed by atoms with Gasteiger partial charge in [-0.2, -0.15) is 0 Å². The van der Waals surface area contributed by atoms with E-state index in [1.54, 1.807) is 14.2 Å². The number of amides is 1. The first-order valence-corrected chi connectivity index (χ1v) is 6.79. The maximum absolute atomic E-state index is 12.4. The number of carbonyl (C=O) groups is 1. The Morgan fingerprint density at radius 3 is 2.53 bits per heavy atom. The monoisotopic (exact) mass is 294 g/mol. The molecule has 5 nitrogen and oxygen atoms in total. The molecule has 1 rings (SSSR count). The molecule has 19 heavy (non-hydrogen) atoms. The molecule has 1 N–H and O–H groups in total. The molecule has 1 atom stereocenters. The van der Waals surface area contributed by atoms with Crippen molar-refractivity contribution in [1.29, 1.82) is 0 Å². The first-order chi connectivity index (χ1) is 8.79. The van der Waals surface area contributed by atoms with Crippen molar-refractivity contribution in [3.05, 3.63) is 0 Å². The number of carbonyl (C=O) groups excluding carboxylic acids is 1. The molecule has 1 heterocycles. The largest absolute Gasteiger partial charge is 0.385 e. The van der Waals surface area contributed by atoms with E-state index >= 15 is 0 Å². The van der Waals surface area contributed by atoms with Crippen LogP contribution in [0.3, 0.4) is 0 Å². The fraction of sp³-hybridized carbons (Fsp3) is 0.923. The molecular weight excluding hydrogens is 268 g/mol. The molecule has 0 bridgehead atoms. The summed E-state index contributed by atoms with van der Waals surface area (Å²) in [5.74, 6) is 0.211. The van der Waals surface area contributed by atoms with Gasteiger partial charge in [-0.1, -0.05) is 6.42 Å². The third-order valence-electron chi connectivity index (χ3n) is 3.26. The number of rotatable bonds is 8. The van der Waals surface area contributed by atoms with Crippen molar-refractivity contribution in [1.82, 2.24) is 10.2 Å². The van der Waals surface area contributed by atoms with E-state index in [1.807, 2.05) is 4.90 Å². The zero-order valence-corrected chi connectivity index (χ0v) is 12.8. The summed E-state index contributed by atoms with van der Waals surface area (Å²) in [6.07, 6.45) is 4.14. The molecule has 0 aromatic carbocycles. The summed E-state index contributed by atoms with van der Waals surface area (Å²) in [7, 11) is 3.35. The molecule has 1 saturated heterocycles. The Balaban J connectivity index is 0.00000324. The molecule has 1 unspecified atom stereocenters. The quantitative estimate of drug-likeness (QED) is 0.680. The minimum absolute atomic E-state index is 0.